The molecular formula is C12H11ClF4. The second-order valence-corrected chi connectivity index (χ2v) is 4.02. The van der Waals surface area contributed by atoms with Crippen molar-refractivity contribution in [1.82, 2.24) is 0 Å². The predicted octanol–water partition coefficient (Wildman–Crippen LogP) is 4.92. The van der Waals surface area contributed by atoms with Crippen molar-refractivity contribution >= 4 is 11.6 Å². The maximum Gasteiger partial charge on any atom is 0.416 e. The van der Waals surface area contributed by atoms with Gasteiger partial charge >= 0.3 is 6.18 Å². The molecule has 1 rings (SSSR count). The third-order valence-electron chi connectivity index (χ3n) is 2.28. The lowest BCUT2D eigenvalue weighted by molar-refractivity contribution is -0.137. The van der Waals surface area contributed by atoms with Gasteiger partial charge in [0.15, 0.2) is 0 Å². The maximum atomic E-state index is 13.0. The standard InChI is InChI=1S/C12H11ClF4/c1-8(7-13)2-3-9-4-10(12(15,16)17)6-11(14)5-9/h4-7H,2-3H2,1H3/b8-7+. The first-order valence-electron chi connectivity index (χ1n) is 4.95. The van der Waals surface area contributed by atoms with Crippen LogP contribution in [0.3, 0.4) is 0 Å². The smallest absolute Gasteiger partial charge is 0.207 e. The summed E-state index contributed by atoms with van der Waals surface area (Å²) in [6, 6.07) is 2.56. The van der Waals surface area contributed by atoms with E-state index in [1.165, 1.54) is 5.54 Å². The van der Waals surface area contributed by atoms with Crippen LogP contribution in [-0.2, 0) is 12.6 Å². The second-order valence-electron chi connectivity index (χ2n) is 3.80. The van der Waals surface area contributed by atoms with Crippen molar-refractivity contribution in [2.75, 3.05) is 0 Å². The lowest BCUT2D eigenvalue weighted by Crippen LogP contribution is -2.06. The molecule has 0 aromatic heterocycles. The lowest BCUT2D eigenvalue weighted by Gasteiger charge is -2.09. The molecule has 0 fully saturated rings. The van der Waals surface area contributed by atoms with Gasteiger partial charge in [-0.2, -0.15) is 13.2 Å². The quantitative estimate of drug-likeness (QED) is 0.681. The summed E-state index contributed by atoms with van der Waals surface area (Å²) in [7, 11) is 0. The van der Waals surface area contributed by atoms with Gasteiger partial charge < -0.3 is 0 Å². The van der Waals surface area contributed by atoms with Crippen LogP contribution < -0.4 is 0 Å². The lowest BCUT2D eigenvalue weighted by atomic mass is 10.0. The highest BCUT2D eigenvalue weighted by atomic mass is 35.5. The average Bonchev–Trinajstić information content (AvgIpc) is 2.24. The van der Waals surface area contributed by atoms with Crippen LogP contribution in [0.25, 0.3) is 0 Å². The molecule has 94 valence electrons. The highest BCUT2D eigenvalue weighted by Gasteiger charge is 2.31. The molecule has 0 aliphatic rings. The minimum Gasteiger partial charge on any atom is -0.207 e. The van der Waals surface area contributed by atoms with E-state index in [1.54, 1.807) is 6.92 Å². The number of rotatable bonds is 3. The summed E-state index contributed by atoms with van der Waals surface area (Å²) in [5.41, 5.74) is 1.56. The number of hydrogen-bond donors (Lipinski definition) is 0. The fraction of sp³-hybridized carbons (Fsp3) is 0.333. The van der Waals surface area contributed by atoms with Gasteiger partial charge in [0.2, 0.25) is 0 Å². The van der Waals surface area contributed by atoms with Crippen LogP contribution in [0, 0.1) is 5.82 Å². The number of halogens is 5. The maximum absolute atomic E-state index is 13.0. The molecule has 0 aliphatic heterocycles. The van der Waals surface area contributed by atoms with Gasteiger partial charge in [0.1, 0.15) is 5.82 Å². The van der Waals surface area contributed by atoms with E-state index >= 15 is 0 Å². The third-order valence-corrected chi connectivity index (χ3v) is 2.65. The van der Waals surface area contributed by atoms with Crippen molar-refractivity contribution < 1.29 is 17.6 Å². The van der Waals surface area contributed by atoms with Crippen LogP contribution >= 0.6 is 11.6 Å². The minimum atomic E-state index is -4.52. The molecule has 0 N–H and O–H groups in total. The Morgan fingerprint density at radius 1 is 1.29 bits per heavy atom. The van der Waals surface area contributed by atoms with E-state index in [0.717, 1.165) is 17.7 Å². The van der Waals surface area contributed by atoms with Gasteiger partial charge in [-0.25, -0.2) is 4.39 Å². The number of benzene rings is 1. The van der Waals surface area contributed by atoms with Crippen molar-refractivity contribution in [1.29, 1.82) is 0 Å². The molecule has 0 nitrogen and oxygen atoms in total. The topological polar surface area (TPSA) is 0 Å². The molecular weight excluding hydrogens is 256 g/mol. The Kier molecular flexibility index (Phi) is 4.57. The van der Waals surface area contributed by atoms with Crippen molar-refractivity contribution in [3.63, 3.8) is 0 Å². The summed E-state index contributed by atoms with van der Waals surface area (Å²) in [6.07, 6.45) is -3.69. The van der Waals surface area contributed by atoms with E-state index in [2.05, 4.69) is 0 Å². The zero-order valence-electron chi connectivity index (χ0n) is 9.11. The van der Waals surface area contributed by atoms with E-state index < -0.39 is 17.6 Å². The molecule has 0 spiro atoms. The number of aryl methyl sites for hydroxylation is 1. The Bertz CT molecular complexity index is 421. The Morgan fingerprint density at radius 2 is 1.94 bits per heavy atom. The zero-order valence-corrected chi connectivity index (χ0v) is 9.87. The van der Waals surface area contributed by atoms with Crippen LogP contribution in [0.4, 0.5) is 17.6 Å². The Hall–Kier alpha value is -1.03. The van der Waals surface area contributed by atoms with Crippen molar-refractivity contribution in [3.05, 3.63) is 46.3 Å². The highest BCUT2D eigenvalue weighted by Crippen LogP contribution is 2.30. The molecule has 0 saturated carbocycles. The SMILES string of the molecule is C/C(=C\Cl)CCc1cc(F)cc(C(F)(F)F)c1. The summed E-state index contributed by atoms with van der Waals surface area (Å²) >= 11 is 5.44. The largest absolute Gasteiger partial charge is 0.416 e. The molecule has 0 aliphatic carbocycles. The van der Waals surface area contributed by atoms with Gasteiger partial charge in [0.25, 0.3) is 0 Å². The van der Waals surface area contributed by atoms with Gasteiger partial charge in [0, 0.05) is 5.54 Å². The Balaban J connectivity index is 2.91. The minimum absolute atomic E-state index is 0.315. The van der Waals surface area contributed by atoms with Crippen molar-refractivity contribution in [3.8, 4) is 0 Å². The van der Waals surface area contributed by atoms with Crippen LogP contribution in [0.2, 0.25) is 0 Å². The van der Waals surface area contributed by atoms with Gasteiger partial charge in [-0.1, -0.05) is 17.2 Å². The molecule has 0 radical (unpaired) electrons. The van der Waals surface area contributed by atoms with Crippen LogP contribution in [0.1, 0.15) is 24.5 Å². The highest BCUT2D eigenvalue weighted by molar-refractivity contribution is 6.25. The molecule has 0 unspecified atom stereocenters. The number of alkyl halides is 3. The summed E-state index contributed by atoms with van der Waals surface area (Å²) < 4.78 is 50.3. The van der Waals surface area contributed by atoms with Crippen molar-refractivity contribution in [2.45, 2.75) is 25.9 Å². The molecule has 17 heavy (non-hydrogen) atoms. The summed E-state index contributed by atoms with van der Waals surface area (Å²) in [5, 5.41) is 0. The van der Waals surface area contributed by atoms with Crippen LogP contribution in [-0.4, -0.2) is 0 Å². The Labute approximate surface area is 102 Å². The van der Waals surface area contributed by atoms with Gasteiger partial charge in [0.05, 0.1) is 5.56 Å². The molecule has 0 saturated heterocycles. The van der Waals surface area contributed by atoms with Crippen LogP contribution in [0.15, 0.2) is 29.3 Å². The predicted molar refractivity (Wildman–Crippen MR) is 59.3 cm³/mol. The molecule has 0 atom stereocenters. The second kappa shape index (κ2) is 5.54. The van der Waals surface area contributed by atoms with Gasteiger partial charge in [-0.3, -0.25) is 0 Å². The molecule has 0 heterocycles. The summed E-state index contributed by atoms with van der Waals surface area (Å²) in [4.78, 5) is 0. The van der Waals surface area contributed by atoms with E-state index in [9.17, 15) is 17.6 Å². The average molecular weight is 267 g/mol. The molecule has 0 bridgehead atoms. The van der Waals surface area contributed by atoms with Crippen molar-refractivity contribution in [2.24, 2.45) is 0 Å². The monoisotopic (exact) mass is 266 g/mol. The van der Waals surface area contributed by atoms with Gasteiger partial charge in [-0.05, 0) is 43.5 Å². The third kappa shape index (κ3) is 4.38. The van der Waals surface area contributed by atoms with E-state index in [0.29, 0.717) is 24.5 Å². The van der Waals surface area contributed by atoms with E-state index in [4.69, 9.17) is 11.6 Å². The van der Waals surface area contributed by atoms with E-state index in [-0.39, 0.29) is 0 Å². The number of hydrogen-bond acceptors (Lipinski definition) is 0. The van der Waals surface area contributed by atoms with Crippen LogP contribution in [0.5, 0.6) is 0 Å². The zero-order chi connectivity index (χ0) is 13.1. The first-order valence-corrected chi connectivity index (χ1v) is 5.39. The van der Waals surface area contributed by atoms with E-state index in [1.807, 2.05) is 0 Å². The first-order chi connectivity index (χ1) is 7.82. The first kappa shape index (κ1) is 14.0. The summed E-state index contributed by atoms with van der Waals surface area (Å²) in [5.74, 6) is -0.873. The Morgan fingerprint density at radius 3 is 2.47 bits per heavy atom. The summed E-state index contributed by atoms with van der Waals surface area (Å²) in [6.45, 7) is 1.76. The fourth-order valence-corrected chi connectivity index (χ4v) is 1.46. The normalized spacial score (nSPS) is 12.9. The van der Waals surface area contributed by atoms with Gasteiger partial charge in [-0.15, -0.1) is 0 Å². The molecule has 0 amide bonds. The molecule has 5 heteroatoms. The molecule has 1 aromatic rings. The number of allylic oxidation sites excluding steroid dienone is 1. The fourth-order valence-electron chi connectivity index (χ4n) is 1.35. The molecule has 1 aromatic carbocycles.